The standard InChI is InChI=1S/C19H32N2O4S/c1-3-4-5-6-7-8-9-10-11-12-13-21-19(23)25-17-15-26-14-16(17)24-18(22)20-2/h14-15H,3-13H2,1-2H3,(H,20,22)(H,21,23). The van der Waals surface area contributed by atoms with E-state index in [0.29, 0.717) is 6.54 Å². The van der Waals surface area contributed by atoms with E-state index in [1.807, 2.05) is 0 Å². The Kier molecular flexibility index (Phi) is 12.4. The third-order valence-electron chi connectivity index (χ3n) is 4.00. The van der Waals surface area contributed by atoms with Crippen molar-refractivity contribution in [3.05, 3.63) is 10.8 Å². The molecular formula is C19H32N2O4S. The summed E-state index contributed by atoms with van der Waals surface area (Å²) in [4.78, 5) is 23.0. The maximum Gasteiger partial charge on any atom is 0.412 e. The Bertz CT molecular complexity index is 519. The summed E-state index contributed by atoms with van der Waals surface area (Å²) in [5.74, 6) is 0.489. The largest absolute Gasteiger partial charge is 0.412 e. The van der Waals surface area contributed by atoms with Crippen molar-refractivity contribution in [3.8, 4) is 11.5 Å². The highest BCUT2D eigenvalue weighted by Crippen LogP contribution is 2.31. The van der Waals surface area contributed by atoms with Crippen molar-refractivity contribution >= 4 is 23.5 Å². The molecule has 1 heterocycles. The van der Waals surface area contributed by atoms with Gasteiger partial charge < -0.3 is 20.1 Å². The lowest BCUT2D eigenvalue weighted by Gasteiger charge is -2.07. The first-order valence-electron chi connectivity index (χ1n) is 9.58. The fraction of sp³-hybridized carbons (Fsp3) is 0.684. The van der Waals surface area contributed by atoms with Crippen molar-refractivity contribution in [3.63, 3.8) is 0 Å². The van der Waals surface area contributed by atoms with Crippen LogP contribution in [0, 0.1) is 0 Å². The summed E-state index contributed by atoms with van der Waals surface area (Å²) in [5, 5.41) is 8.31. The average molecular weight is 385 g/mol. The summed E-state index contributed by atoms with van der Waals surface area (Å²) in [7, 11) is 1.47. The van der Waals surface area contributed by atoms with Crippen LogP contribution >= 0.6 is 11.3 Å². The Morgan fingerprint density at radius 3 is 1.88 bits per heavy atom. The lowest BCUT2D eigenvalue weighted by molar-refractivity contribution is 0.191. The van der Waals surface area contributed by atoms with Crippen molar-refractivity contribution in [1.82, 2.24) is 10.6 Å². The van der Waals surface area contributed by atoms with Gasteiger partial charge in [-0.1, -0.05) is 64.7 Å². The van der Waals surface area contributed by atoms with Crippen molar-refractivity contribution in [2.45, 2.75) is 71.1 Å². The number of hydrogen-bond donors (Lipinski definition) is 2. The van der Waals surface area contributed by atoms with Gasteiger partial charge in [0.25, 0.3) is 0 Å². The maximum absolute atomic E-state index is 11.8. The van der Waals surface area contributed by atoms with Crippen LogP contribution in [0.3, 0.4) is 0 Å². The van der Waals surface area contributed by atoms with Crippen molar-refractivity contribution in [2.75, 3.05) is 13.6 Å². The van der Waals surface area contributed by atoms with Gasteiger partial charge in [-0.05, 0) is 6.42 Å². The molecule has 0 saturated carbocycles. The minimum absolute atomic E-state index is 0.239. The van der Waals surface area contributed by atoms with Crippen molar-refractivity contribution < 1.29 is 19.1 Å². The van der Waals surface area contributed by atoms with E-state index in [0.717, 1.165) is 12.8 Å². The second-order valence-corrected chi connectivity index (χ2v) is 6.98. The third-order valence-corrected chi connectivity index (χ3v) is 4.70. The second kappa shape index (κ2) is 14.4. The molecule has 0 saturated heterocycles. The number of hydrogen-bond acceptors (Lipinski definition) is 5. The Labute approximate surface area is 160 Å². The van der Waals surface area contributed by atoms with Gasteiger partial charge >= 0.3 is 12.2 Å². The van der Waals surface area contributed by atoms with E-state index in [9.17, 15) is 9.59 Å². The van der Waals surface area contributed by atoms with Crippen LogP contribution < -0.4 is 20.1 Å². The van der Waals surface area contributed by atoms with Gasteiger partial charge in [0.15, 0.2) is 11.5 Å². The second-order valence-electron chi connectivity index (χ2n) is 6.24. The molecule has 0 spiro atoms. The zero-order valence-electron chi connectivity index (χ0n) is 16.0. The van der Waals surface area contributed by atoms with Crippen LogP contribution in [0.2, 0.25) is 0 Å². The molecule has 0 bridgehead atoms. The normalized spacial score (nSPS) is 10.4. The van der Waals surface area contributed by atoms with Crippen LogP contribution in [-0.4, -0.2) is 25.8 Å². The van der Waals surface area contributed by atoms with Crippen LogP contribution in [0.4, 0.5) is 9.59 Å². The van der Waals surface area contributed by atoms with Gasteiger partial charge in [-0.15, -0.1) is 11.3 Å². The van der Waals surface area contributed by atoms with E-state index in [1.165, 1.54) is 69.8 Å². The minimum Gasteiger partial charge on any atom is -0.405 e. The zero-order chi connectivity index (χ0) is 19.0. The Morgan fingerprint density at radius 1 is 0.846 bits per heavy atom. The molecule has 0 fully saturated rings. The monoisotopic (exact) mass is 384 g/mol. The molecule has 0 radical (unpaired) electrons. The minimum atomic E-state index is -0.598. The first-order valence-corrected chi connectivity index (χ1v) is 10.5. The summed E-state index contributed by atoms with van der Waals surface area (Å²) in [5.41, 5.74) is 0. The summed E-state index contributed by atoms with van der Waals surface area (Å²) in [6.07, 6.45) is 11.4. The molecule has 6 nitrogen and oxygen atoms in total. The molecule has 1 rings (SSSR count). The molecule has 0 aliphatic carbocycles. The molecule has 1 aromatic rings. The van der Waals surface area contributed by atoms with Crippen LogP contribution in [0.15, 0.2) is 10.8 Å². The predicted octanol–water partition coefficient (Wildman–Crippen LogP) is 5.48. The molecule has 148 valence electrons. The summed E-state index contributed by atoms with van der Waals surface area (Å²) in [6, 6.07) is 0. The fourth-order valence-corrected chi connectivity index (χ4v) is 3.16. The number of nitrogens with one attached hydrogen (secondary N) is 2. The molecule has 0 unspecified atom stereocenters. The molecule has 2 amide bonds. The molecule has 0 aromatic carbocycles. The van der Waals surface area contributed by atoms with Crippen LogP contribution in [-0.2, 0) is 0 Å². The van der Waals surface area contributed by atoms with Gasteiger partial charge in [0.1, 0.15) is 0 Å². The Morgan fingerprint density at radius 2 is 1.35 bits per heavy atom. The number of ether oxygens (including phenoxy) is 2. The first-order chi connectivity index (χ1) is 12.7. The number of rotatable bonds is 13. The lowest BCUT2D eigenvalue weighted by atomic mass is 10.1. The highest BCUT2D eigenvalue weighted by molar-refractivity contribution is 7.08. The van der Waals surface area contributed by atoms with Gasteiger partial charge in [0.2, 0.25) is 0 Å². The van der Waals surface area contributed by atoms with Gasteiger partial charge in [-0.25, -0.2) is 9.59 Å². The van der Waals surface area contributed by atoms with E-state index in [2.05, 4.69) is 17.6 Å². The van der Waals surface area contributed by atoms with E-state index in [-0.39, 0.29) is 11.5 Å². The zero-order valence-corrected chi connectivity index (χ0v) is 16.8. The van der Waals surface area contributed by atoms with E-state index in [1.54, 1.807) is 10.8 Å². The molecule has 26 heavy (non-hydrogen) atoms. The first kappa shape index (κ1) is 22.3. The van der Waals surface area contributed by atoms with Crippen molar-refractivity contribution in [2.24, 2.45) is 0 Å². The van der Waals surface area contributed by atoms with E-state index < -0.39 is 12.2 Å². The molecule has 1 aromatic heterocycles. The topological polar surface area (TPSA) is 76.7 Å². The SMILES string of the molecule is CCCCCCCCCCCCNC(=O)Oc1cscc1OC(=O)NC. The van der Waals surface area contributed by atoms with Gasteiger partial charge in [-0.3, -0.25) is 0 Å². The van der Waals surface area contributed by atoms with Crippen molar-refractivity contribution in [1.29, 1.82) is 0 Å². The predicted molar refractivity (Wildman–Crippen MR) is 105 cm³/mol. The number of carbonyl (C=O) groups excluding carboxylic acids is 2. The van der Waals surface area contributed by atoms with E-state index in [4.69, 9.17) is 9.47 Å². The molecule has 2 N–H and O–H groups in total. The Hall–Kier alpha value is -1.76. The number of unbranched alkanes of at least 4 members (excludes halogenated alkanes) is 9. The molecule has 7 heteroatoms. The van der Waals surface area contributed by atoms with Gasteiger partial charge in [0.05, 0.1) is 0 Å². The molecular weight excluding hydrogens is 352 g/mol. The quantitative estimate of drug-likeness (QED) is 0.442. The van der Waals surface area contributed by atoms with Gasteiger partial charge in [0, 0.05) is 24.4 Å². The van der Waals surface area contributed by atoms with E-state index >= 15 is 0 Å². The molecule has 0 aliphatic heterocycles. The smallest absolute Gasteiger partial charge is 0.405 e. The third kappa shape index (κ3) is 10.3. The Balaban J connectivity index is 2.04. The molecule has 0 aliphatic rings. The number of carbonyl (C=O) groups is 2. The summed E-state index contributed by atoms with van der Waals surface area (Å²) >= 11 is 1.30. The highest BCUT2D eigenvalue weighted by Gasteiger charge is 2.13. The molecule has 0 atom stereocenters. The number of amides is 2. The highest BCUT2D eigenvalue weighted by atomic mass is 32.1. The van der Waals surface area contributed by atoms with Crippen LogP contribution in [0.1, 0.15) is 71.1 Å². The van der Waals surface area contributed by atoms with Crippen LogP contribution in [0.25, 0.3) is 0 Å². The summed E-state index contributed by atoms with van der Waals surface area (Å²) in [6.45, 7) is 2.83. The lowest BCUT2D eigenvalue weighted by Crippen LogP contribution is -2.28. The number of thiophene rings is 1. The van der Waals surface area contributed by atoms with Crippen LogP contribution in [0.5, 0.6) is 11.5 Å². The average Bonchev–Trinajstić information content (AvgIpc) is 3.06. The maximum atomic E-state index is 11.8. The van der Waals surface area contributed by atoms with Gasteiger partial charge in [-0.2, -0.15) is 0 Å². The summed E-state index contributed by atoms with van der Waals surface area (Å²) < 4.78 is 10.2. The fourth-order valence-electron chi connectivity index (χ4n) is 2.51.